The van der Waals surface area contributed by atoms with Gasteiger partial charge in [0, 0.05) is 25.9 Å². The SMILES string of the molecule is C=CCN(CCc1ccccc1)C(=O)CCC(=O)c1ccc(Cl)s1. The second-order valence-corrected chi connectivity index (χ2v) is 7.11. The molecule has 1 amide bonds. The van der Waals surface area contributed by atoms with Gasteiger partial charge in [-0.2, -0.15) is 0 Å². The van der Waals surface area contributed by atoms with Crippen molar-refractivity contribution in [2.24, 2.45) is 0 Å². The molecule has 24 heavy (non-hydrogen) atoms. The number of ketones is 1. The minimum absolute atomic E-state index is 0.0261. The first-order valence-electron chi connectivity index (χ1n) is 7.81. The molecule has 1 aromatic carbocycles. The molecule has 0 aliphatic heterocycles. The first-order chi connectivity index (χ1) is 11.6. The maximum Gasteiger partial charge on any atom is 0.223 e. The summed E-state index contributed by atoms with van der Waals surface area (Å²) in [4.78, 5) is 26.8. The van der Waals surface area contributed by atoms with Crippen LogP contribution >= 0.6 is 22.9 Å². The lowest BCUT2D eigenvalue weighted by Crippen LogP contribution is -2.33. The van der Waals surface area contributed by atoms with Crippen LogP contribution in [0.3, 0.4) is 0 Å². The zero-order valence-corrected chi connectivity index (χ0v) is 15.0. The Labute approximate surface area is 151 Å². The Morgan fingerprint density at radius 2 is 1.88 bits per heavy atom. The minimum Gasteiger partial charge on any atom is -0.339 e. The fraction of sp³-hybridized carbons (Fsp3) is 0.263. The maximum atomic E-state index is 12.4. The summed E-state index contributed by atoms with van der Waals surface area (Å²) < 4.78 is 0.584. The van der Waals surface area contributed by atoms with Crippen molar-refractivity contribution in [3.63, 3.8) is 0 Å². The Bertz CT molecular complexity index is 696. The number of nitrogens with zero attached hydrogens (tertiary/aromatic N) is 1. The Morgan fingerprint density at radius 3 is 2.50 bits per heavy atom. The molecule has 0 atom stereocenters. The van der Waals surface area contributed by atoms with Crippen LogP contribution in [0.15, 0.2) is 55.1 Å². The number of carbonyl (C=O) groups excluding carboxylic acids is 2. The van der Waals surface area contributed by atoms with Crippen molar-refractivity contribution in [3.8, 4) is 0 Å². The summed E-state index contributed by atoms with van der Waals surface area (Å²) in [6, 6.07) is 13.4. The van der Waals surface area contributed by atoms with E-state index in [4.69, 9.17) is 11.6 Å². The lowest BCUT2D eigenvalue weighted by Gasteiger charge is -2.21. The zero-order chi connectivity index (χ0) is 17.4. The van der Waals surface area contributed by atoms with Crippen molar-refractivity contribution in [2.75, 3.05) is 13.1 Å². The standard InChI is InChI=1S/C19H20ClNO2S/c1-2-13-21(14-12-15-6-4-3-5-7-15)19(23)11-8-16(22)17-9-10-18(20)24-17/h2-7,9-10H,1,8,11-14H2. The molecule has 5 heteroatoms. The summed E-state index contributed by atoms with van der Waals surface area (Å²) in [7, 11) is 0. The first kappa shape index (κ1) is 18.4. The molecule has 0 fully saturated rings. The van der Waals surface area contributed by atoms with Crippen LogP contribution in [-0.4, -0.2) is 29.7 Å². The van der Waals surface area contributed by atoms with Gasteiger partial charge in [-0.1, -0.05) is 48.0 Å². The fourth-order valence-electron chi connectivity index (χ4n) is 2.35. The van der Waals surface area contributed by atoms with Crippen LogP contribution in [0.5, 0.6) is 0 Å². The molecule has 0 unspecified atom stereocenters. The Hall–Kier alpha value is -1.91. The molecule has 0 N–H and O–H groups in total. The molecule has 0 radical (unpaired) electrons. The number of benzene rings is 1. The van der Waals surface area contributed by atoms with Gasteiger partial charge in [-0.3, -0.25) is 9.59 Å². The van der Waals surface area contributed by atoms with Crippen LogP contribution in [-0.2, 0) is 11.2 Å². The van der Waals surface area contributed by atoms with E-state index < -0.39 is 0 Å². The van der Waals surface area contributed by atoms with Gasteiger partial charge < -0.3 is 4.90 Å². The number of amides is 1. The summed E-state index contributed by atoms with van der Waals surface area (Å²) in [6.45, 7) is 4.82. The molecule has 0 spiro atoms. The van der Waals surface area contributed by atoms with E-state index in [1.807, 2.05) is 30.3 Å². The minimum atomic E-state index is -0.0399. The van der Waals surface area contributed by atoms with Crippen molar-refractivity contribution in [1.29, 1.82) is 0 Å². The highest BCUT2D eigenvalue weighted by Crippen LogP contribution is 2.23. The van der Waals surface area contributed by atoms with Crippen molar-refractivity contribution in [3.05, 3.63) is 69.9 Å². The summed E-state index contributed by atoms with van der Waals surface area (Å²) >= 11 is 7.09. The zero-order valence-electron chi connectivity index (χ0n) is 13.4. The van der Waals surface area contributed by atoms with E-state index in [1.165, 1.54) is 16.9 Å². The Kier molecular flexibility index (Phi) is 7.22. The van der Waals surface area contributed by atoms with Crippen molar-refractivity contribution >= 4 is 34.6 Å². The smallest absolute Gasteiger partial charge is 0.223 e. The number of hydrogen-bond donors (Lipinski definition) is 0. The van der Waals surface area contributed by atoms with Gasteiger partial charge in [-0.25, -0.2) is 0 Å². The molecule has 2 aromatic rings. The van der Waals surface area contributed by atoms with Crippen LogP contribution in [0, 0.1) is 0 Å². The molecule has 0 aliphatic rings. The predicted molar refractivity (Wildman–Crippen MR) is 99.8 cm³/mol. The van der Waals surface area contributed by atoms with Gasteiger partial charge in [0.15, 0.2) is 5.78 Å². The average Bonchev–Trinajstić information content (AvgIpc) is 3.03. The second-order valence-electron chi connectivity index (χ2n) is 5.39. The average molecular weight is 362 g/mol. The highest BCUT2D eigenvalue weighted by molar-refractivity contribution is 7.18. The van der Waals surface area contributed by atoms with E-state index in [0.29, 0.717) is 22.3 Å². The van der Waals surface area contributed by atoms with E-state index >= 15 is 0 Å². The molecule has 0 saturated carbocycles. The van der Waals surface area contributed by atoms with E-state index in [9.17, 15) is 9.59 Å². The number of rotatable bonds is 9. The Morgan fingerprint density at radius 1 is 1.12 bits per heavy atom. The molecule has 2 rings (SSSR count). The van der Waals surface area contributed by atoms with Crippen LogP contribution < -0.4 is 0 Å². The Balaban J connectivity index is 1.86. The predicted octanol–water partition coefficient (Wildman–Crippen LogP) is 4.62. The lowest BCUT2D eigenvalue weighted by atomic mass is 10.1. The molecule has 1 heterocycles. The fourth-order valence-corrected chi connectivity index (χ4v) is 3.36. The second kappa shape index (κ2) is 9.40. The largest absolute Gasteiger partial charge is 0.339 e. The van der Waals surface area contributed by atoms with Gasteiger partial charge in [0.1, 0.15) is 0 Å². The monoisotopic (exact) mass is 361 g/mol. The van der Waals surface area contributed by atoms with Gasteiger partial charge >= 0.3 is 0 Å². The quantitative estimate of drug-likeness (QED) is 0.482. The highest BCUT2D eigenvalue weighted by Gasteiger charge is 2.16. The van der Waals surface area contributed by atoms with Crippen LogP contribution in [0.2, 0.25) is 4.34 Å². The third kappa shape index (κ3) is 5.62. The van der Waals surface area contributed by atoms with Gasteiger partial charge in [-0.05, 0) is 24.1 Å². The van der Waals surface area contributed by atoms with Crippen molar-refractivity contribution < 1.29 is 9.59 Å². The van der Waals surface area contributed by atoms with Gasteiger partial charge in [0.2, 0.25) is 5.91 Å². The number of thiophene rings is 1. The first-order valence-corrected chi connectivity index (χ1v) is 9.00. The van der Waals surface area contributed by atoms with E-state index in [-0.39, 0.29) is 24.5 Å². The molecular weight excluding hydrogens is 342 g/mol. The molecule has 0 saturated heterocycles. The lowest BCUT2D eigenvalue weighted by molar-refractivity contribution is -0.130. The van der Waals surface area contributed by atoms with Crippen LogP contribution in [0.4, 0.5) is 0 Å². The number of halogens is 1. The maximum absolute atomic E-state index is 12.4. The molecule has 0 aliphatic carbocycles. The molecule has 0 bridgehead atoms. The third-order valence-corrected chi connectivity index (χ3v) is 4.90. The highest BCUT2D eigenvalue weighted by atomic mass is 35.5. The van der Waals surface area contributed by atoms with Crippen molar-refractivity contribution in [1.82, 2.24) is 4.90 Å². The number of hydrogen-bond acceptors (Lipinski definition) is 3. The number of Topliss-reactive ketones (excluding diaryl/α,β-unsaturated/α-hetero) is 1. The molecular formula is C19H20ClNO2S. The van der Waals surface area contributed by atoms with Crippen LogP contribution in [0.25, 0.3) is 0 Å². The van der Waals surface area contributed by atoms with Gasteiger partial charge in [0.05, 0.1) is 9.21 Å². The topological polar surface area (TPSA) is 37.4 Å². The molecule has 1 aromatic heterocycles. The molecule has 126 valence electrons. The summed E-state index contributed by atoms with van der Waals surface area (Å²) in [6.07, 6.45) is 2.91. The van der Waals surface area contributed by atoms with Gasteiger partial charge in [0.25, 0.3) is 0 Å². The van der Waals surface area contributed by atoms with Gasteiger partial charge in [-0.15, -0.1) is 17.9 Å². The third-order valence-electron chi connectivity index (χ3n) is 3.63. The summed E-state index contributed by atoms with van der Waals surface area (Å²) in [5.74, 6) is -0.0660. The normalized spacial score (nSPS) is 10.4. The van der Waals surface area contributed by atoms with Crippen molar-refractivity contribution in [2.45, 2.75) is 19.3 Å². The van der Waals surface area contributed by atoms with E-state index in [1.54, 1.807) is 23.1 Å². The summed E-state index contributed by atoms with van der Waals surface area (Å²) in [5.41, 5.74) is 1.18. The van der Waals surface area contributed by atoms with E-state index in [0.717, 1.165) is 6.42 Å². The molecule has 3 nitrogen and oxygen atoms in total. The summed E-state index contributed by atoms with van der Waals surface area (Å²) in [5, 5.41) is 0. The van der Waals surface area contributed by atoms with Crippen LogP contribution in [0.1, 0.15) is 28.1 Å². The number of carbonyl (C=O) groups is 2. The van der Waals surface area contributed by atoms with E-state index in [2.05, 4.69) is 6.58 Å².